The molecule has 0 bridgehead atoms. The average Bonchev–Trinajstić information content (AvgIpc) is 3.44. The molecular formula is C21H29N5O3. The number of H-pyrrole nitrogens is 1. The van der Waals surface area contributed by atoms with E-state index in [-0.39, 0.29) is 18.1 Å². The lowest BCUT2D eigenvalue weighted by molar-refractivity contribution is -0.136. The molecule has 1 N–H and O–H groups in total. The summed E-state index contributed by atoms with van der Waals surface area (Å²) in [7, 11) is 1.52. The molecule has 3 aliphatic rings. The van der Waals surface area contributed by atoms with Crippen molar-refractivity contribution >= 4 is 11.6 Å². The predicted molar refractivity (Wildman–Crippen MR) is 108 cm³/mol. The van der Waals surface area contributed by atoms with E-state index in [4.69, 9.17) is 9.72 Å². The molecule has 2 aromatic rings. The van der Waals surface area contributed by atoms with Crippen molar-refractivity contribution in [3.8, 4) is 0 Å². The number of piperidine rings is 1. The van der Waals surface area contributed by atoms with Crippen LogP contribution >= 0.6 is 0 Å². The van der Waals surface area contributed by atoms with E-state index in [1.807, 2.05) is 6.07 Å². The summed E-state index contributed by atoms with van der Waals surface area (Å²) in [6.45, 7) is 4.49. The lowest BCUT2D eigenvalue weighted by Gasteiger charge is -2.31. The van der Waals surface area contributed by atoms with Crippen molar-refractivity contribution < 1.29 is 9.53 Å². The van der Waals surface area contributed by atoms with Crippen LogP contribution in [0.4, 0.5) is 0 Å². The standard InChI is InChI=1S/C21H29N5O3/c1-29-13-20(27)25-9-6-16-18(12-25)22-19-10-17(23-26(19)21(16)28)15-4-7-24(8-5-15)11-14-2-3-14/h10,14-15,23H,2-9,11-13H2,1H3. The van der Waals surface area contributed by atoms with Crippen LogP contribution in [0.1, 0.15) is 48.6 Å². The van der Waals surface area contributed by atoms with E-state index >= 15 is 0 Å². The molecule has 2 aliphatic heterocycles. The Balaban J connectivity index is 1.35. The molecule has 8 nitrogen and oxygen atoms in total. The normalized spacial score (nSPS) is 20.9. The molecule has 156 valence electrons. The Labute approximate surface area is 169 Å². The number of carbonyl (C=O) groups is 1. The summed E-state index contributed by atoms with van der Waals surface area (Å²) in [6.07, 6.45) is 5.57. The summed E-state index contributed by atoms with van der Waals surface area (Å²) in [5.41, 5.74) is 3.17. The third-order valence-corrected chi connectivity index (χ3v) is 6.65. The molecule has 1 saturated heterocycles. The van der Waals surface area contributed by atoms with E-state index in [1.54, 1.807) is 9.42 Å². The fraction of sp³-hybridized carbons (Fsp3) is 0.667. The molecule has 5 rings (SSSR count). The minimum absolute atomic E-state index is 0.0266. The maximum Gasteiger partial charge on any atom is 0.276 e. The highest BCUT2D eigenvalue weighted by Gasteiger charge is 2.29. The molecule has 0 aromatic carbocycles. The van der Waals surface area contributed by atoms with E-state index in [9.17, 15) is 9.59 Å². The number of nitrogens with zero attached hydrogens (tertiary/aromatic N) is 4. The van der Waals surface area contributed by atoms with Gasteiger partial charge in [0.15, 0.2) is 5.65 Å². The second-order valence-corrected chi connectivity index (χ2v) is 8.76. The fourth-order valence-corrected chi connectivity index (χ4v) is 4.74. The van der Waals surface area contributed by atoms with Crippen molar-refractivity contribution in [1.29, 1.82) is 0 Å². The maximum absolute atomic E-state index is 13.0. The van der Waals surface area contributed by atoms with Gasteiger partial charge in [-0.3, -0.25) is 14.7 Å². The summed E-state index contributed by atoms with van der Waals surface area (Å²) in [5, 5.41) is 3.33. The first-order chi connectivity index (χ1) is 14.1. The van der Waals surface area contributed by atoms with Gasteiger partial charge in [-0.2, -0.15) is 0 Å². The predicted octanol–water partition coefficient (Wildman–Crippen LogP) is 1.14. The van der Waals surface area contributed by atoms with Gasteiger partial charge >= 0.3 is 0 Å². The number of likely N-dealkylation sites (tertiary alicyclic amines) is 1. The number of ether oxygens (including phenoxy) is 1. The summed E-state index contributed by atoms with van der Waals surface area (Å²) in [5.74, 6) is 1.32. The Bertz CT molecular complexity index is 969. The molecule has 2 fully saturated rings. The largest absolute Gasteiger partial charge is 0.375 e. The van der Waals surface area contributed by atoms with Gasteiger partial charge in [-0.1, -0.05) is 0 Å². The minimum atomic E-state index is -0.0622. The number of rotatable bonds is 5. The van der Waals surface area contributed by atoms with E-state index in [2.05, 4.69) is 10.00 Å². The van der Waals surface area contributed by atoms with Crippen LogP contribution in [-0.4, -0.2) is 70.2 Å². The van der Waals surface area contributed by atoms with E-state index in [0.29, 0.717) is 31.1 Å². The molecule has 0 atom stereocenters. The van der Waals surface area contributed by atoms with Crippen LogP contribution in [0.2, 0.25) is 0 Å². The van der Waals surface area contributed by atoms with Crippen molar-refractivity contribution in [3.05, 3.63) is 33.4 Å². The Kier molecular flexibility index (Phi) is 4.91. The van der Waals surface area contributed by atoms with Crippen LogP contribution in [-0.2, 0) is 22.5 Å². The zero-order chi connectivity index (χ0) is 20.0. The van der Waals surface area contributed by atoms with Crippen LogP contribution in [0.25, 0.3) is 5.65 Å². The number of aromatic amines is 1. The Morgan fingerprint density at radius 1 is 1.24 bits per heavy atom. The van der Waals surface area contributed by atoms with Gasteiger partial charge in [-0.25, -0.2) is 9.50 Å². The van der Waals surface area contributed by atoms with Crippen molar-refractivity contribution in [2.75, 3.05) is 39.9 Å². The highest BCUT2D eigenvalue weighted by atomic mass is 16.5. The van der Waals surface area contributed by atoms with Gasteiger partial charge in [0, 0.05) is 43.4 Å². The van der Waals surface area contributed by atoms with E-state index in [1.165, 1.54) is 26.5 Å². The van der Waals surface area contributed by atoms with Crippen LogP contribution in [0.15, 0.2) is 10.9 Å². The zero-order valence-corrected chi connectivity index (χ0v) is 17.0. The van der Waals surface area contributed by atoms with Crippen molar-refractivity contribution in [2.24, 2.45) is 5.92 Å². The highest BCUT2D eigenvalue weighted by Crippen LogP contribution is 2.33. The molecule has 1 amide bonds. The van der Waals surface area contributed by atoms with Gasteiger partial charge in [0.05, 0.1) is 12.2 Å². The summed E-state index contributed by atoms with van der Waals surface area (Å²) >= 11 is 0. The number of amides is 1. The smallest absolute Gasteiger partial charge is 0.276 e. The molecular weight excluding hydrogens is 370 g/mol. The monoisotopic (exact) mass is 399 g/mol. The number of methoxy groups -OCH3 is 1. The first-order valence-electron chi connectivity index (χ1n) is 10.7. The average molecular weight is 399 g/mol. The number of aromatic nitrogens is 3. The van der Waals surface area contributed by atoms with E-state index < -0.39 is 0 Å². The first-order valence-corrected chi connectivity index (χ1v) is 10.7. The van der Waals surface area contributed by atoms with E-state index in [0.717, 1.165) is 48.8 Å². The molecule has 29 heavy (non-hydrogen) atoms. The van der Waals surface area contributed by atoms with Crippen LogP contribution in [0, 0.1) is 5.92 Å². The molecule has 4 heterocycles. The third kappa shape index (κ3) is 3.71. The van der Waals surface area contributed by atoms with Gasteiger partial charge in [-0.05, 0) is 51.1 Å². The second kappa shape index (κ2) is 7.57. The topological polar surface area (TPSA) is 82.9 Å². The number of hydrogen-bond donors (Lipinski definition) is 1. The summed E-state index contributed by atoms with van der Waals surface area (Å²) in [4.78, 5) is 34.2. The lowest BCUT2D eigenvalue weighted by atomic mass is 9.93. The van der Waals surface area contributed by atoms with Gasteiger partial charge in [0.25, 0.3) is 5.56 Å². The lowest BCUT2D eigenvalue weighted by Crippen LogP contribution is -2.41. The molecule has 1 aliphatic carbocycles. The molecule has 2 aromatic heterocycles. The van der Waals surface area contributed by atoms with Crippen molar-refractivity contribution in [1.82, 2.24) is 24.4 Å². The maximum atomic E-state index is 13.0. The molecule has 8 heteroatoms. The van der Waals surface area contributed by atoms with Crippen LogP contribution < -0.4 is 5.56 Å². The van der Waals surface area contributed by atoms with Gasteiger partial charge in [-0.15, -0.1) is 0 Å². The molecule has 1 saturated carbocycles. The first kappa shape index (κ1) is 18.8. The fourth-order valence-electron chi connectivity index (χ4n) is 4.74. The number of nitrogens with one attached hydrogen (secondary N) is 1. The van der Waals surface area contributed by atoms with Gasteiger partial charge in [0.2, 0.25) is 5.91 Å². The number of carbonyl (C=O) groups excluding carboxylic acids is 1. The summed E-state index contributed by atoms with van der Waals surface area (Å²) in [6, 6.07) is 2.03. The molecule has 0 spiro atoms. The Morgan fingerprint density at radius 3 is 2.76 bits per heavy atom. The SMILES string of the molecule is COCC(=O)N1CCc2c(nc3cc(C4CCN(CC5CC5)CC4)[nH]n3c2=O)C1. The third-order valence-electron chi connectivity index (χ3n) is 6.65. The highest BCUT2D eigenvalue weighted by molar-refractivity contribution is 5.77. The number of fused-ring (bicyclic) bond motifs is 2. The van der Waals surface area contributed by atoms with Crippen molar-refractivity contribution in [2.45, 2.75) is 44.6 Å². The van der Waals surface area contributed by atoms with Crippen LogP contribution in [0.5, 0.6) is 0 Å². The Hall–Kier alpha value is -2.19. The Morgan fingerprint density at radius 2 is 2.03 bits per heavy atom. The second-order valence-electron chi connectivity index (χ2n) is 8.76. The quantitative estimate of drug-likeness (QED) is 0.815. The number of hydrogen-bond acceptors (Lipinski definition) is 5. The summed E-state index contributed by atoms with van der Waals surface area (Å²) < 4.78 is 6.55. The van der Waals surface area contributed by atoms with Crippen LogP contribution in [0.3, 0.4) is 0 Å². The zero-order valence-electron chi connectivity index (χ0n) is 17.0. The van der Waals surface area contributed by atoms with Gasteiger partial charge < -0.3 is 14.5 Å². The van der Waals surface area contributed by atoms with Gasteiger partial charge in [0.1, 0.15) is 6.61 Å². The molecule has 0 radical (unpaired) electrons. The molecule has 0 unspecified atom stereocenters. The van der Waals surface area contributed by atoms with Crippen molar-refractivity contribution in [3.63, 3.8) is 0 Å². The minimum Gasteiger partial charge on any atom is -0.375 e.